The number of carbonyl (C=O) groups excluding carboxylic acids is 4. The van der Waals surface area contributed by atoms with Gasteiger partial charge in [0.25, 0.3) is 5.91 Å². The molecule has 3 N–H and O–H groups in total. The maximum Gasteiger partial charge on any atom is 0.335 e. The highest BCUT2D eigenvalue weighted by Crippen LogP contribution is 2.25. The normalized spacial score (nSPS) is 16.4. The molecule has 3 rings (SSSR count). The van der Waals surface area contributed by atoms with Crippen molar-refractivity contribution in [1.82, 2.24) is 5.32 Å². The summed E-state index contributed by atoms with van der Waals surface area (Å²) in [6, 6.07) is 14.2. The van der Waals surface area contributed by atoms with E-state index in [1.165, 1.54) is 6.92 Å². The van der Waals surface area contributed by atoms with E-state index in [2.05, 4.69) is 22.5 Å². The summed E-state index contributed by atoms with van der Waals surface area (Å²) in [6.45, 7) is 5.20. The summed E-state index contributed by atoms with van der Waals surface area (Å²) in [5, 5.41) is 7.74. The average Bonchev–Trinajstić information content (AvgIpc) is 2.63. The maximum atomic E-state index is 12.8. The first-order valence-corrected chi connectivity index (χ1v) is 8.44. The number of barbiturate groups is 1. The molecule has 0 aromatic heterocycles. The Morgan fingerprint density at radius 1 is 0.964 bits per heavy atom. The Morgan fingerprint density at radius 3 is 2.11 bits per heavy atom. The molecule has 8 nitrogen and oxygen atoms in total. The summed E-state index contributed by atoms with van der Waals surface area (Å²) in [7, 11) is 0. The second-order valence-corrected chi connectivity index (χ2v) is 6.15. The van der Waals surface area contributed by atoms with Crippen molar-refractivity contribution in [3.63, 3.8) is 0 Å². The van der Waals surface area contributed by atoms with E-state index in [1.54, 1.807) is 54.6 Å². The van der Waals surface area contributed by atoms with Crippen LogP contribution in [0.15, 0.2) is 66.9 Å². The number of hydrogen-bond acceptors (Lipinski definition) is 5. The van der Waals surface area contributed by atoms with E-state index in [-0.39, 0.29) is 11.6 Å². The monoisotopic (exact) mass is 378 g/mol. The molecule has 0 aliphatic carbocycles. The van der Waals surface area contributed by atoms with Crippen LogP contribution in [0.2, 0.25) is 0 Å². The lowest BCUT2D eigenvalue weighted by atomic mass is 10.0. The highest BCUT2D eigenvalue weighted by atomic mass is 16.2. The van der Waals surface area contributed by atoms with Gasteiger partial charge in [-0.1, -0.05) is 24.8 Å². The molecule has 1 fully saturated rings. The second kappa shape index (κ2) is 7.75. The zero-order chi connectivity index (χ0) is 20.3. The van der Waals surface area contributed by atoms with Gasteiger partial charge >= 0.3 is 6.03 Å². The third kappa shape index (κ3) is 3.90. The van der Waals surface area contributed by atoms with Crippen LogP contribution in [0.25, 0.3) is 0 Å². The number of nitrogens with zero attached hydrogens (tertiary/aromatic N) is 1. The van der Waals surface area contributed by atoms with E-state index in [0.29, 0.717) is 17.1 Å². The summed E-state index contributed by atoms with van der Waals surface area (Å²) in [5.41, 5.74) is 1.66. The van der Waals surface area contributed by atoms with E-state index in [0.717, 1.165) is 4.90 Å². The molecule has 8 heteroatoms. The van der Waals surface area contributed by atoms with Gasteiger partial charge in [0.05, 0.1) is 5.69 Å². The lowest BCUT2D eigenvalue weighted by molar-refractivity contribution is -0.132. The van der Waals surface area contributed by atoms with Crippen LogP contribution < -0.4 is 20.9 Å². The van der Waals surface area contributed by atoms with Gasteiger partial charge < -0.3 is 10.6 Å². The molecule has 142 valence electrons. The molecule has 1 atom stereocenters. The number of para-hydroxylation sites is 1. The zero-order valence-corrected chi connectivity index (χ0v) is 15.1. The van der Waals surface area contributed by atoms with Crippen molar-refractivity contribution in [3.8, 4) is 0 Å². The standard InChI is InChI=1S/C20H18N4O4/c1-12(21-14-8-10-15(11-9-14)22-13(2)25)17-18(26)23-20(28)24(19(17)27)16-6-4-3-5-7-16/h3-11,17,21H,1H2,2H3,(H,22,25)(H,23,26,28). The average molecular weight is 378 g/mol. The molecule has 0 saturated carbocycles. The highest BCUT2D eigenvalue weighted by Gasteiger charge is 2.42. The van der Waals surface area contributed by atoms with Crippen LogP contribution in [-0.4, -0.2) is 23.8 Å². The maximum absolute atomic E-state index is 12.8. The summed E-state index contributed by atoms with van der Waals surface area (Å²) < 4.78 is 0. The van der Waals surface area contributed by atoms with Crippen LogP contribution in [0.3, 0.4) is 0 Å². The van der Waals surface area contributed by atoms with Gasteiger partial charge in [0.15, 0.2) is 5.92 Å². The molecule has 2 aromatic carbocycles. The Balaban J connectivity index is 1.78. The zero-order valence-electron chi connectivity index (χ0n) is 15.1. The smallest absolute Gasteiger partial charge is 0.335 e. The minimum absolute atomic E-state index is 0.128. The number of benzene rings is 2. The number of nitrogens with one attached hydrogen (secondary N) is 3. The second-order valence-electron chi connectivity index (χ2n) is 6.15. The van der Waals surface area contributed by atoms with Gasteiger partial charge in [-0.15, -0.1) is 0 Å². The Hall–Kier alpha value is -3.94. The van der Waals surface area contributed by atoms with Crippen molar-refractivity contribution >= 4 is 40.8 Å². The predicted octanol–water partition coefficient (Wildman–Crippen LogP) is 2.47. The molecule has 5 amide bonds. The molecule has 0 bridgehead atoms. The fourth-order valence-electron chi connectivity index (χ4n) is 2.80. The first kappa shape index (κ1) is 18.8. The Bertz CT molecular complexity index is 954. The van der Waals surface area contributed by atoms with E-state index in [1.807, 2.05) is 0 Å². The summed E-state index contributed by atoms with van der Waals surface area (Å²) in [6.07, 6.45) is 0. The van der Waals surface area contributed by atoms with Gasteiger partial charge in [-0.3, -0.25) is 19.7 Å². The van der Waals surface area contributed by atoms with Crippen LogP contribution in [0.1, 0.15) is 6.92 Å². The summed E-state index contributed by atoms with van der Waals surface area (Å²) >= 11 is 0. The fraction of sp³-hybridized carbons (Fsp3) is 0.100. The van der Waals surface area contributed by atoms with Crippen LogP contribution >= 0.6 is 0 Å². The minimum Gasteiger partial charge on any atom is -0.358 e. The van der Waals surface area contributed by atoms with Gasteiger partial charge in [-0.05, 0) is 36.4 Å². The lowest BCUT2D eigenvalue weighted by Gasteiger charge is -2.31. The number of imide groups is 2. The van der Waals surface area contributed by atoms with Crippen LogP contribution in [0, 0.1) is 5.92 Å². The lowest BCUT2D eigenvalue weighted by Crippen LogP contribution is -2.59. The number of rotatable bonds is 5. The minimum atomic E-state index is -1.27. The van der Waals surface area contributed by atoms with Gasteiger partial charge in [-0.25, -0.2) is 9.69 Å². The number of anilines is 3. The van der Waals surface area contributed by atoms with Crippen molar-refractivity contribution in [2.75, 3.05) is 15.5 Å². The molecule has 1 heterocycles. The summed E-state index contributed by atoms with van der Waals surface area (Å²) in [5.74, 6) is -2.89. The summed E-state index contributed by atoms with van der Waals surface area (Å²) in [4.78, 5) is 49.3. The van der Waals surface area contributed by atoms with Crippen LogP contribution in [-0.2, 0) is 14.4 Å². The first-order chi connectivity index (χ1) is 13.4. The van der Waals surface area contributed by atoms with Gasteiger partial charge in [0.1, 0.15) is 0 Å². The molecule has 1 aliphatic heterocycles. The number of hydrogen-bond donors (Lipinski definition) is 3. The van der Waals surface area contributed by atoms with E-state index in [9.17, 15) is 19.2 Å². The van der Waals surface area contributed by atoms with Crippen molar-refractivity contribution in [1.29, 1.82) is 0 Å². The molecule has 0 radical (unpaired) electrons. The van der Waals surface area contributed by atoms with E-state index >= 15 is 0 Å². The predicted molar refractivity (Wildman–Crippen MR) is 104 cm³/mol. The SMILES string of the molecule is C=C(Nc1ccc(NC(C)=O)cc1)C1C(=O)NC(=O)N(c2ccccc2)C1=O. The third-order valence-electron chi connectivity index (χ3n) is 4.04. The van der Waals surface area contributed by atoms with Gasteiger partial charge in [-0.2, -0.15) is 0 Å². The van der Waals surface area contributed by atoms with Crippen molar-refractivity contribution in [2.45, 2.75) is 6.92 Å². The number of amides is 5. The number of urea groups is 1. The molecule has 1 saturated heterocycles. The highest BCUT2D eigenvalue weighted by molar-refractivity contribution is 6.28. The van der Waals surface area contributed by atoms with E-state index in [4.69, 9.17) is 0 Å². The Morgan fingerprint density at radius 2 is 1.54 bits per heavy atom. The molecular weight excluding hydrogens is 360 g/mol. The van der Waals surface area contributed by atoms with Crippen molar-refractivity contribution < 1.29 is 19.2 Å². The first-order valence-electron chi connectivity index (χ1n) is 8.44. The van der Waals surface area contributed by atoms with Crippen LogP contribution in [0.4, 0.5) is 21.9 Å². The van der Waals surface area contributed by atoms with Crippen molar-refractivity contribution in [2.24, 2.45) is 5.92 Å². The Kier molecular flexibility index (Phi) is 5.21. The van der Waals surface area contributed by atoms with Gasteiger partial charge in [0, 0.05) is 24.0 Å². The van der Waals surface area contributed by atoms with Crippen LogP contribution in [0.5, 0.6) is 0 Å². The Labute approximate surface area is 161 Å². The third-order valence-corrected chi connectivity index (χ3v) is 4.04. The molecule has 1 aliphatic rings. The fourth-order valence-corrected chi connectivity index (χ4v) is 2.80. The number of carbonyl (C=O) groups is 4. The molecular formula is C20H18N4O4. The molecule has 2 aromatic rings. The van der Waals surface area contributed by atoms with E-state index < -0.39 is 23.8 Å². The van der Waals surface area contributed by atoms with Gasteiger partial charge in [0.2, 0.25) is 11.8 Å². The quantitative estimate of drug-likeness (QED) is 0.693. The largest absolute Gasteiger partial charge is 0.358 e. The van der Waals surface area contributed by atoms with Crippen molar-refractivity contribution in [3.05, 3.63) is 66.9 Å². The molecule has 1 unspecified atom stereocenters. The molecule has 28 heavy (non-hydrogen) atoms. The molecule has 0 spiro atoms. The topological polar surface area (TPSA) is 108 Å².